The molecule has 0 aliphatic carbocycles. The Morgan fingerprint density at radius 1 is 0.500 bits per heavy atom. The van der Waals surface area contributed by atoms with Crippen molar-refractivity contribution in [1.82, 2.24) is 0 Å². The summed E-state index contributed by atoms with van der Waals surface area (Å²) in [6, 6.07) is 0. The van der Waals surface area contributed by atoms with Crippen LogP contribution in [-0.4, -0.2) is 59.0 Å². The van der Waals surface area contributed by atoms with Gasteiger partial charge in [0.05, 0.1) is 0 Å². The van der Waals surface area contributed by atoms with E-state index < -0.39 is 0 Å². The van der Waals surface area contributed by atoms with E-state index in [1.165, 1.54) is 0 Å². The fraction of sp³-hybridized carbons (Fsp3) is 0. The Balaban J connectivity index is 0. The third-order valence-electron chi connectivity index (χ3n) is 0. The maximum Gasteiger partial charge on any atom is 2.00 e. The fourth-order valence-electron chi connectivity index (χ4n) is 0. The van der Waals surface area contributed by atoms with Crippen LogP contribution in [0.5, 0.6) is 0 Å². The molecule has 0 saturated carbocycles. The van der Waals surface area contributed by atoms with Gasteiger partial charge in [-0.2, -0.15) is 0 Å². The number of hydrogen-bond donors (Lipinski definition) is 0. The van der Waals surface area contributed by atoms with Gasteiger partial charge in [-0.1, -0.05) is 0 Å². The van der Waals surface area contributed by atoms with Gasteiger partial charge in [0.25, 0.3) is 0 Å². The van der Waals surface area contributed by atoms with Crippen LogP contribution in [0.25, 0.3) is 0 Å². The Hall–Kier alpha value is 3.03. The summed E-state index contributed by atoms with van der Waals surface area (Å²) in [6.45, 7) is 0. The first kappa shape index (κ1) is 121. The van der Waals surface area contributed by atoms with Crippen molar-refractivity contribution in [3.05, 3.63) is 0 Å². The summed E-state index contributed by atoms with van der Waals surface area (Å²) < 4.78 is 0. The molecule has 0 amide bonds. The number of rotatable bonds is 0. The zero-order valence-electron chi connectivity index (χ0n) is 4.30. The van der Waals surface area contributed by atoms with E-state index in [9.17, 15) is 0 Å². The predicted molar refractivity (Wildman–Crippen MR) is 11.5 cm³/mol. The zero-order chi connectivity index (χ0) is 0. The van der Waals surface area contributed by atoms with E-state index in [-0.39, 0.29) is 134 Å². The second kappa shape index (κ2) is 89.2. The van der Waals surface area contributed by atoms with Crippen molar-refractivity contribution < 1.29 is 74.9 Å². The Kier molecular flexibility index (Phi) is 1350. The molecule has 0 heterocycles. The molecule has 0 aliphatic heterocycles. The number of hydrogen-bond acceptors (Lipinski definition) is 0. The minimum absolute atomic E-state index is 0. The smallest absolute Gasteiger partial charge is 1.00 e. The topological polar surface area (TPSA) is 0 Å². The van der Waals surface area contributed by atoms with Crippen LogP contribution in [0, 0.1) is 0 Å². The van der Waals surface area contributed by atoms with Gasteiger partial charge in [-0.05, 0) is 0 Å². The fourth-order valence-corrected chi connectivity index (χ4v) is 0. The monoisotopic (exact) mass is 281 g/mol. The van der Waals surface area contributed by atoms with Crippen LogP contribution < -0.4 is 74.9 Å². The van der Waals surface area contributed by atoms with E-state index in [0.717, 1.165) is 0 Å². The van der Waals surface area contributed by atoms with E-state index in [1.807, 2.05) is 0 Å². The van der Waals surface area contributed by atoms with Crippen molar-refractivity contribution in [2.24, 2.45) is 0 Å². The minimum Gasteiger partial charge on any atom is -1.00 e. The van der Waals surface area contributed by atoms with Crippen molar-refractivity contribution in [2.75, 3.05) is 0 Å². The van der Waals surface area contributed by atoms with E-state index >= 15 is 0 Å². The first-order valence-electron chi connectivity index (χ1n) is 0. The van der Waals surface area contributed by atoms with E-state index in [2.05, 4.69) is 0 Å². The molecule has 40 valence electrons. The van der Waals surface area contributed by atoms with Crippen molar-refractivity contribution in [1.29, 1.82) is 0 Å². The standard InChI is InChI=1S/Ba.Be.5FH.K/h;;5*1H;/q2*+2;;;;;;+1/p-5. The molecule has 0 aliphatic rings. The second-order valence-corrected chi connectivity index (χ2v) is 0. The predicted octanol–water partition coefficient (Wildman–Crippen LogP) is -18.7. The van der Waals surface area contributed by atoms with E-state index in [0.29, 0.717) is 0 Å². The van der Waals surface area contributed by atoms with Gasteiger partial charge >= 0.3 is 110 Å². The van der Waals surface area contributed by atoms with Crippen LogP contribution in [0.1, 0.15) is 0 Å². The summed E-state index contributed by atoms with van der Waals surface area (Å²) in [5, 5.41) is 0. The van der Waals surface area contributed by atoms with Crippen LogP contribution in [0.15, 0.2) is 0 Å². The molecule has 0 spiro atoms. The largest absolute Gasteiger partial charge is 2.00 e. The van der Waals surface area contributed by atoms with Gasteiger partial charge in [0.15, 0.2) is 0 Å². The molecule has 8 heavy (non-hydrogen) atoms. The average molecular weight is 280 g/mol. The Labute approximate surface area is 130 Å². The molecule has 0 aromatic heterocycles. The number of halogens is 5. The molecule has 0 bridgehead atoms. The molecular formula is BaBeF5K. The van der Waals surface area contributed by atoms with Crippen LogP contribution in [0.2, 0.25) is 0 Å². The zero-order valence-corrected chi connectivity index (χ0v) is 11.9. The van der Waals surface area contributed by atoms with Crippen LogP contribution in [-0.2, 0) is 0 Å². The van der Waals surface area contributed by atoms with Crippen molar-refractivity contribution in [3.8, 4) is 0 Å². The molecular weight excluding hydrogens is 280 g/mol. The molecule has 0 aromatic carbocycles. The van der Waals surface area contributed by atoms with Crippen LogP contribution in [0.3, 0.4) is 0 Å². The van der Waals surface area contributed by atoms with E-state index in [1.54, 1.807) is 0 Å². The average Bonchev–Trinajstić information content (AvgIpc) is 0. The molecule has 0 saturated heterocycles. The molecule has 0 atom stereocenters. The quantitative estimate of drug-likeness (QED) is 0.305. The Morgan fingerprint density at radius 3 is 0.500 bits per heavy atom. The molecule has 0 unspecified atom stereocenters. The summed E-state index contributed by atoms with van der Waals surface area (Å²) >= 11 is 0. The third-order valence-corrected chi connectivity index (χ3v) is 0. The second-order valence-electron chi connectivity index (χ2n) is 0. The molecule has 0 rings (SSSR count). The Morgan fingerprint density at radius 2 is 0.500 bits per heavy atom. The van der Waals surface area contributed by atoms with Gasteiger partial charge in [-0.3, -0.25) is 0 Å². The first-order chi connectivity index (χ1) is 0. The van der Waals surface area contributed by atoms with Gasteiger partial charge in [0.2, 0.25) is 0 Å². The van der Waals surface area contributed by atoms with Gasteiger partial charge in [-0.15, -0.1) is 0 Å². The normalized spacial score (nSPS) is 0. The molecule has 0 radical (unpaired) electrons. The van der Waals surface area contributed by atoms with Crippen molar-refractivity contribution >= 4 is 59.0 Å². The first-order valence-corrected chi connectivity index (χ1v) is 0. The van der Waals surface area contributed by atoms with Gasteiger partial charge in [0.1, 0.15) is 0 Å². The summed E-state index contributed by atoms with van der Waals surface area (Å²) in [4.78, 5) is 0. The van der Waals surface area contributed by atoms with Gasteiger partial charge in [0, 0.05) is 0 Å². The molecule has 0 aromatic rings. The van der Waals surface area contributed by atoms with Crippen molar-refractivity contribution in [2.45, 2.75) is 0 Å². The third kappa shape index (κ3) is 63.5. The molecule has 0 nitrogen and oxygen atoms in total. The maximum absolute atomic E-state index is 0. The molecule has 0 N–H and O–H groups in total. The van der Waals surface area contributed by atoms with Crippen LogP contribution >= 0.6 is 0 Å². The van der Waals surface area contributed by atoms with E-state index in [4.69, 9.17) is 0 Å². The van der Waals surface area contributed by atoms with Crippen molar-refractivity contribution in [3.63, 3.8) is 0 Å². The van der Waals surface area contributed by atoms with Gasteiger partial charge in [-0.25, -0.2) is 0 Å². The molecule has 0 fully saturated rings. The minimum atomic E-state index is 0. The Bertz CT molecular complexity index is 12.4. The van der Waals surface area contributed by atoms with Gasteiger partial charge < -0.3 is 23.5 Å². The summed E-state index contributed by atoms with van der Waals surface area (Å²) in [5.41, 5.74) is 0. The van der Waals surface area contributed by atoms with Crippen LogP contribution in [0.4, 0.5) is 0 Å². The maximum atomic E-state index is 0. The SMILES string of the molecule is [Ba+2].[Be+2].[F-].[F-].[F-].[F-].[F-].[K+]. The summed E-state index contributed by atoms with van der Waals surface area (Å²) in [7, 11) is 0. The summed E-state index contributed by atoms with van der Waals surface area (Å²) in [6.07, 6.45) is 0. The molecule has 8 heteroatoms. The summed E-state index contributed by atoms with van der Waals surface area (Å²) in [5.74, 6) is 0.